The molecule has 3 rings (SSSR count). The van der Waals surface area contributed by atoms with Crippen LogP contribution < -0.4 is 5.32 Å². The summed E-state index contributed by atoms with van der Waals surface area (Å²) < 4.78 is 18.5. The minimum atomic E-state index is -1.03. The number of rotatable bonds is 7. The van der Waals surface area contributed by atoms with Crippen LogP contribution >= 0.6 is 23.1 Å². The van der Waals surface area contributed by atoms with E-state index in [1.165, 1.54) is 48.2 Å². The van der Waals surface area contributed by atoms with Crippen LogP contribution in [-0.4, -0.2) is 23.0 Å². The summed E-state index contributed by atoms with van der Waals surface area (Å²) in [5.41, 5.74) is 3.37. The number of anilines is 1. The molecule has 0 spiro atoms. The highest BCUT2D eigenvalue weighted by Gasteiger charge is 2.21. The Morgan fingerprint density at radius 2 is 2.07 bits per heavy atom. The zero-order valence-corrected chi connectivity index (χ0v) is 16.6. The molecule has 0 bridgehead atoms. The number of benzene rings is 2. The summed E-state index contributed by atoms with van der Waals surface area (Å²) in [7, 11) is 0. The lowest BCUT2D eigenvalue weighted by Gasteiger charge is -2.15. The number of nitrogens with one attached hydrogen (secondary N) is 1. The van der Waals surface area contributed by atoms with Crippen molar-refractivity contribution in [2.45, 2.75) is 23.7 Å². The number of halogens is 1. The first-order chi connectivity index (χ1) is 13.5. The molecule has 1 amide bonds. The van der Waals surface area contributed by atoms with Crippen molar-refractivity contribution in [1.82, 2.24) is 4.98 Å². The van der Waals surface area contributed by atoms with Crippen molar-refractivity contribution in [3.8, 4) is 0 Å². The Hall–Kier alpha value is -2.71. The average molecular weight is 416 g/mol. The van der Waals surface area contributed by atoms with E-state index in [1.54, 1.807) is 23.7 Å². The SMILES string of the molecule is CC(OC(=O)c1ccccc1SCc1cscn1)C(=O)Nc1cccc(F)c1. The van der Waals surface area contributed by atoms with E-state index in [4.69, 9.17) is 4.74 Å². The lowest BCUT2D eigenvalue weighted by molar-refractivity contribution is -0.123. The molecular formula is C20H17FN2O3S2. The third kappa shape index (κ3) is 5.40. The van der Waals surface area contributed by atoms with Crippen LogP contribution in [0.2, 0.25) is 0 Å². The van der Waals surface area contributed by atoms with Crippen molar-refractivity contribution in [2.24, 2.45) is 0 Å². The zero-order chi connectivity index (χ0) is 19.9. The van der Waals surface area contributed by atoms with E-state index in [-0.39, 0.29) is 0 Å². The van der Waals surface area contributed by atoms with E-state index in [0.29, 0.717) is 17.0 Å². The highest BCUT2D eigenvalue weighted by Crippen LogP contribution is 2.27. The fraction of sp³-hybridized carbons (Fsp3) is 0.150. The lowest BCUT2D eigenvalue weighted by Crippen LogP contribution is -2.30. The number of amides is 1. The number of nitrogens with zero attached hydrogens (tertiary/aromatic N) is 1. The number of esters is 1. The normalized spacial score (nSPS) is 11.6. The molecule has 0 aliphatic rings. The monoisotopic (exact) mass is 416 g/mol. The van der Waals surface area contributed by atoms with Gasteiger partial charge in [0.25, 0.3) is 5.91 Å². The van der Waals surface area contributed by atoms with Crippen molar-refractivity contribution in [1.29, 1.82) is 0 Å². The Morgan fingerprint density at radius 1 is 1.25 bits per heavy atom. The number of ether oxygens (including phenoxy) is 1. The first-order valence-corrected chi connectivity index (χ1v) is 10.3. The summed E-state index contributed by atoms with van der Waals surface area (Å²) in [6, 6.07) is 12.6. The van der Waals surface area contributed by atoms with Gasteiger partial charge in [-0.3, -0.25) is 4.79 Å². The minimum Gasteiger partial charge on any atom is -0.449 e. The van der Waals surface area contributed by atoms with Gasteiger partial charge >= 0.3 is 5.97 Å². The molecule has 3 aromatic rings. The fourth-order valence-corrected chi connectivity index (χ4v) is 3.92. The molecule has 2 aromatic carbocycles. The topological polar surface area (TPSA) is 68.3 Å². The second-order valence-corrected chi connectivity index (χ2v) is 7.55. The maximum atomic E-state index is 13.2. The Morgan fingerprint density at radius 3 is 2.82 bits per heavy atom. The molecule has 8 heteroatoms. The molecule has 0 fully saturated rings. The van der Waals surface area contributed by atoms with Gasteiger partial charge in [0.2, 0.25) is 0 Å². The van der Waals surface area contributed by atoms with Crippen LogP contribution in [0.5, 0.6) is 0 Å². The Labute approximate surface area is 170 Å². The van der Waals surface area contributed by atoms with Crippen molar-refractivity contribution in [3.63, 3.8) is 0 Å². The summed E-state index contributed by atoms with van der Waals surface area (Å²) in [5, 5.41) is 4.48. The molecule has 1 atom stereocenters. The largest absolute Gasteiger partial charge is 0.449 e. The number of hydrogen-bond donors (Lipinski definition) is 1. The van der Waals surface area contributed by atoms with Gasteiger partial charge in [-0.2, -0.15) is 0 Å². The number of hydrogen-bond acceptors (Lipinski definition) is 6. The number of thiazole rings is 1. The predicted octanol–water partition coefficient (Wildman–Crippen LogP) is 4.76. The number of thioether (sulfide) groups is 1. The molecule has 1 aromatic heterocycles. The number of carbonyl (C=O) groups is 2. The van der Waals surface area contributed by atoms with Crippen LogP contribution in [0.15, 0.2) is 64.3 Å². The second kappa shape index (κ2) is 9.48. The summed E-state index contributed by atoms with van der Waals surface area (Å²) >= 11 is 2.99. The molecular weight excluding hydrogens is 399 g/mol. The molecule has 1 unspecified atom stereocenters. The summed E-state index contributed by atoms with van der Waals surface area (Å²) in [4.78, 5) is 29.8. The predicted molar refractivity (Wildman–Crippen MR) is 108 cm³/mol. The zero-order valence-electron chi connectivity index (χ0n) is 14.9. The van der Waals surface area contributed by atoms with E-state index in [2.05, 4.69) is 10.3 Å². The second-order valence-electron chi connectivity index (χ2n) is 5.81. The van der Waals surface area contributed by atoms with Crippen LogP contribution in [0.3, 0.4) is 0 Å². The van der Waals surface area contributed by atoms with Gasteiger partial charge in [-0.1, -0.05) is 18.2 Å². The molecule has 144 valence electrons. The maximum Gasteiger partial charge on any atom is 0.340 e. The van der Waals surface area contributed by atoms with Gasteiger partial charge < -0.3 is 10.1 Å². The van der Waals surface area contributed by atoms with Gasteiger partial charge in [-0.05, 0) is 37.3 Å². The Balaban J connectivity index is 1.62. The lowest BCUT2D eigenvalue weighted by atomic mass is 10.2. The third-order valence-corrected chi connectivity index (χ3v) is 5.45. The van der Waals surface area contributed by atoms with Crippen molar-refractivity contribution < 1.29 is 18.7 Å². The average Bonchev–Trinajstić information content (AvgIpc) is 3.20. The van der Waals surface area contributed by atoms with Crippen LogP contribution in [0.25, 0.3) is 0 Å². The van der Waals surface area contributed by atoms with Gasteiger partial charge in [-0.15, -0.1) is 23.1 Å². The quantitative estimate of drug-likeness (QED) is 0.444. The summed E-state index contributed by atoms with van der Waals surface area (Å²) in [6.07, 6.45) is -1.03. The van der Waals surface area contributed by atoms with Crippen LogP contribution in [0.1, 0.15) is 23.0 Å². The minimum absolute atomic E-state index is 0.298. The fourth-order valence-electron chi connectivity index (χ4n) is 2.31. The van der Waals surface area contributed by atoms with Crippen LogP contribution in [-0.2, 0) is 15.3 Å². The first-order valence-electron chi connectivity index (χ1n) is 8.39. The van der Waals surface area contributed by atoms with E-state index in [1.807, 2.05) is 17.5 Å². The van der Waals surface area contributed by atoms with E-state index >= 15 is 0 Å². The molecule has 1 N–H and O–H groups in total. The van der Waals surface area contributed by atoms with Gasteiger partial charge in [-0.25, -0.2) is 14.2 Å². The molecule has 0 aliphatic carbocycles. The standard InChI is InChI=1S/C20H17FN2O3S2/c1-13(19(24)23-15-6-4-5-14(21)9-15)26-20(25)17-7-2-3-8-18(17)28-11-16-10-27-12-22-16/h2-10,12-13H,11H2,1H3,(H,23,24). The van der Waals surface area contributed by atoms with E-state index < -0.39 is 23.8 Å². The third-order valence-electron chi connectivity index (χ3n) is 3.71. The molecule has 0 aliphatic heterocycles. The first kappa shape index (κ1) is 20.0. The van der Waals surface area contributed by atoms with Crippen LogP contribution in [0, 0.1) is 5.82 Å². The molecule has 0 saturated carbocycles. The van der Waals surface area contributed by atoms with Gasteiger partial charge in [0, 0.05) is 21.7 Å². The van der Waals surface area contributed by atoms with Crippen LogP contribution in [0.4, 0.5) is 10.1 Å². The Bertz CT molecular complexity index is 964. The van der Waals surface area contributed by atoms with Crippen molar-refractivity contribution >= 4 is 40.7 Å². The van der Waals surface area contributed by atoms with Crippen molar-refractivity contribution in [2.75, 3.05) is 5.32 Å². The molecule has 1 heterocycles. The molecule has 5 nitrogen and oxygen atoms in total. The molecule has 0 saturated heterocycles. The van der Waals surface area contributed by atoms with Crippen molar-refractivity contribution in [3.05, 3.63) is 76.5 Å². The van der Waals surface area contributed by atoms with E-state index in [0.717, 1.165) is 10.6 Å². The highest BCUT2D eigenvalue weighted by molar-refractivity contribution is 7.98. The number of carbonyl (C=O) groups excluding carboxylic acids is 2. The van der Waals surface area contributed by atoms with Gasteiger partial charge in [0.15, 0.2) is 6.10 Å². The van der Waals surface area contributed by atoms with E-state index in [9.17, 15) is 14.0 Å². The Kier molecular flexibility index (Phi) is 6.78. The van der Waals surface area contributed by atoms with Gasteiger partial charge in [0.1, 0.15) is 5.82 Å². The number of aromatic nitrogens is 1. The summed E-state index contributed by atoms with van der Waals surface area (Å²) in [6.45, 7) is 1.47. The summed E-state index contributed by atoms with van der Waals surface area (Å²) in [5.74, 6) is -0.966. The highest BCUT2D eigenvalue weighted by atomic mass is 32.2. The van der Waals surface area contributed by atoms with Gasteiger partial charge in [0.05, 0.1) is 16.8 Å². The smallest absolute Gasteiger partial charge is 0.340 e. The molecule has 28 heavy (non-hydrogen) atoms. The maximum absolute atomic E-state index is 13.2. The molecule has 0 radical (unpaired) electrons.